The van der Waals surface area contributed by atoms with E-state index in [4.69, 9.17) is 0 Å². The molecule has 0 spiro atoms. The van der Waals surface area contributed by atoms with Gasteiger partial charge in [-0.05, 0) is 32.7 Å². The van der Waals surface area contributed by atoms with Gasteiger partial charge in [-0.1, -0.05) is 6.92 Å². The zero-order valence-corrected chi connectivity index (χ0v) is 10.8. The highest BCUT2D eigenvalue weighted by Gasteiger charge is 2.24. The summed E-state index contributed by atoms with van der Waals surface area (Å²) in [5.74, 6) is 0. The van der Waals surface area contributed by atoms with Crippen LogP contribution in [-0.4, -0.2) is 55.1 Å². The lowest BCUT2D eigenvalue weighted by molar-refractivity contribution is 0.197. The van der Waals surface area contributed by atoms with Gasteiger partial charge >= 0.3 is 6.03 Å². The Bertz CT molecular complexity index is 220. The van der Waals surface area contributed by atoms with Gasteiger partial charge in [-0.15, -0.1) is 0 Å². The molecule has 0 aliphatic carbocycles. The van der Waals surface area contributed by atoms with Crippen LogP contribution >= 0.6 is 0 Å². The number of hydrogen-bond donors (Lipinski definition) is 1. The molecule has 0 aromatic carbocycles. The van der Waals surface area contributed by atoms with Crippen LogP contribution in [0, 0.1) is 0 Å². The molecule has 16 heavy (non-hydrogen) atoms. The van der Waals surface area contributed by atoms with Crippen molar-refractivity contribution >= 4 is 6.03 Å². The fourth-order valence-corrected chi connectivity index (χ4v) is 1.99. The first-order valence-corrected chi connectivity index (χ1v) is 6.38. The van der Waals surface area contributed by atoms with Crippen LogP contribution < -0.4 is 5.32 Å². The van der Waals surface area contributed by atoms with Crippen molar-refractivity contribution in [2.75, 3.05) is 33.2 Å². The molecule has 1 saturated heterocycles. The molecule has 0 aromatic rings. The fraction of sp³-hybridized carbons (Fsp3) is 0.917. The van der Waals surface area contributed by atoms with Crippen LogP contribution in [-0.2, 0) is 0 Å². The predicted octanol–water partition coefficient (Wildman–Crippen LogP) is 1.52. The van der Waals surface area contributed by atoms with Crippen LogP contribution in [0.2, 0.25) is 0 Å². The second-order valence-electron chi connectivity index (χ2n) is 4.69. The number of hydrogen-bond acceptors (Lipinski definition) is 2. The lowest BCUT2D eigenvalue weighted by atomic mass is 10.2. The first-order chi connectivity index (χ1) is 7.65. The van der Waals surface area contributed by atoms with Crippen LogP contribution in [0.4, 0.5) is 4.79 Å². The van der Waals surface area contributed by atoms with Gasteiger partial charge < -0.3 is 15.1 Å². The largest absolute Gasteiger partial charge is 0.326 e. The second kappa shape index (κ2) is 6.74. The molecule has 1 heterocycles. The van der Waals surface area contributed by atoms with Crippen molar-refractivity contribution in [2.45, 2.75) is 39.2 Å². The third-order valence-electron chi connectivity index (χ3n) is 3.11. The van der Waals surface area contributed by atoms with E-state index in [1.54, 1.807) is 4.90 Å². The molecular formula is C12H25N3O. The standard InChI is InChI=1S/C12H25N3O/c1-4-7-13-11(2)6-5-8-15-10-9-14(3)12(15)16/h11,13H,4-10H2,1-3H3. The summed E-state index contributed by atoms with van der Waals surface area (Å²) in [6.45, 7) is 8.16. The highest BCUT2D eigenvalue weighted by Crippen LogP contribution is 2.08. The molecule has 0 radical (unpaired) electrons. The summed E-state index contributed by atoms with van der Waals surface area (Å²) in [7, 11) is 1.87. The lowest BCUT2D eigenvalue weighted by Gasteiger charge is -2.18. The van der Waals surface area contributed by atoms with E-state index in [0.717, 1.165) is 39.0 Å². The molecule has 1 aliphatic rings. The number of urea groups is 1. The van der Waals surface area contributed by atoms with Gasteiger partial charge in [0.15, 0.2) is 0 Å². The van der Waals surface area contributed by atoms with Crippen molar-refractivity contribution in [3.8, 4) is 0 Å². The van der Waals surface area contributed by atoms with Crippen LogP contribution in [0.15, 0.2) is 0 Å². The Hall–Kier alpha value is -0.770. The summed E-state index contributed by atoms with van der Waals surface area (Å²) in [6, 6.07) is 0.754. The monoisotopic (exact) mass is 227 g/mol. The number of likely N-dealkylation sites (N-methyl/N-ethyl adjacent to an activating group) is 1. The molecule has 4 nitrogen and oxygen atoms in total. The summed E-state index contributed by atoms with van der Waals surface area (Å²) in [5, 5.41) is 3.46. The molecule has 1 N–H and O–H groups in total. The van der Waals surface area contributed by atoms with Gasteiger partial charge in [0.05, 0.1) is 0 Å². The number of carbonyl (C=O) groups excluding carboxylic acids is 1. The zero-order chi connectivity index (χ0) is 12.0. The molecule has 1 atom stereocenters. The van der Waals surface area contributed by atoms with Crippen molar-refractivity contribution in [1.29, 1.82) is 0 Å². The van der Waals surface area contributed by atoms with Gasteiger partial charge in [0.2, 0.25) is 0 Å². The molecule has 1 fully saturated rings. The first-order valence-electron chi connectivity index (χ1n) is 6.38. The van der Waals surface area contributed by atoms with E-state index in [9.17, 15) is 4.79 Å². The Kier molecular flexibility index (Phi) is 5.60. The first kappa shape index (κ1) is 13.3. The minimum absolute atomic E-state index is 0.189. The molecule has 2 amide bonds. The van der Waals surface area contributed by atoms with E-state index in [1.807, 2.05) is 11.9 Å². The van der Waals surface area contributed by atoms with E-state index in [2.05, 4.69) is 19.2 Å². The van der Waals surface area contributed by atoms with Crippen molar-refractivity contribution in [1.82, 2.24) is 15.1 Å². The minimum Gasteiger partial charge on any atom is -0.326 e. The summed E-state index contributed by atoms with van der Waals surface area (Å²) in [4.78, 5) is 15.3. The molecule has 0 aromatic heterocycles. The van der Waals surface area contributed by atoms with Crippen molar-refractivity contribution in [3.63, 3.8) is 0 Å². The Morgan fingerprint density at radius 2 is 2.19 bits per heavy atom. The van der Waals surface area contributed by atoms with Crippen molar-refractivity contribution in [2.24, 2.45) is 0 Å². The average molecular weight is 227 g/mol. The molecule has 1 aliphatic heterocycles. The average Bonchev–Trinajstić information content (AvgIpc) is 2.58. The highest BCUT2D eigenvalue weighted by atomic mass is 16.2. The zero-order valence-electron chi connectivity index (χ0n) is 10.8. The van der Waals surface area contributed by atoms with Gasteiger partial charge in [-0.3, -0.25) is 0 Å². The third kappa shape index (κ3) is 4.00. The second-order valence-corrected chi connectivity index (χ2v) is 4.69. The topological polar surface area (TPSA) is 35.6 Å². The van der Waals surface area contributed by atoms with Crippen molar-refractivity contribution in [3.05, 3.63) is 0 Å². The maximum absolute atomic E-state index is 11.6. The van der Waals surface area contributed by atoms with Crippen LogP contribution in [0.1, 0.15) is 33.1 Å². The number of nitrogens with one attached hydrogen (secondary N) is 1. The van der Waals surface area contributed by atoms with Crippen molar-refractivity contribution < 1.29 is 4.79 Å². The minimum atomic E-state index is 0.189. The molecular weight excluding hydrogens is 202 g/mol. The summed E-state index contributed by atoms with van der Waals surface area (Å²) < 4.78 is 0. The molecule has 4 heteroatoms. The highest BCUT2D eigenvalue weighted by molar-refractivity contribution is 5.76. The Morgan fingerprint density at radius 3 is 2.75 bits per heavy atom. The maximum atomic E-state index is 11.6. The Labute approximate surface area is 99.0 Å². The van der Waals surface area contributed by atoms with Crippen LogP contribution in [0.5, 0.6) is 0 Å². The van der Waals surface area contributed by atoms with E-state index in [-0.39, 0.29) is 6.03 Å². The quantitative estimate of drug-likeness (QED) is 0.716. The summed E-state index contributed by atoms with van der Waals surface area (Å²) in [6.07, 6.45) is 3.42. The smallest absolute Gasteiger partial charge is 0.319 e. The number of carbonyl (C=O) groups is 1. The fourth-order valence-electron chi connectivity index (χ4n) is 1.99. The molecule has 1 unspecified atom stereocenters. The number of nitrogens with zero attached hydrogens (tertiary/aromatic N) is 2. The normalized spacial score (nSPS) is 18.3. The van der Waals surface area contributed by atoms with E-state index < -0.39 is 0 Å². The molecule has 0 bridgehead atoms. The Balaban J connectivity index is 2.09. The van der Waals surface area contributed by atoms with Gasteiger partial charge in [-0.2, -0.15) is 0 Å². The predicted molar refractivity (Wildman–Crippen MR) is 66.6 cm³/mol. The SMILES string of the molecule is CCCNC(C)CCCN1CCN(C)C1=O. The van der Waals surface area contributed by atoms with Gasteiger partial charge in [0.25, 0.3) is 0 Å². The number of amides is 2. The van der Waals surface area contributed by atoms with E-state index >= 15 is 0 Å². The maximum Gasteiger partial charge on any atom is 0.319 e. The molecule has 0 saturated carbocycles. The summed E-state index contributed by atoms with van der Waals surface area (Å²) in [5.41, 5.74) is 0. The van der Waals surface area contributed by atoms with Gasteiger partial charge in [-0.25, -0.2) is 4.79 Å². The van der Waals surface area contributed by atoms with Crippen LogP contribution in [0.25, 0.3) is 0 Å². The van der Waals surface area contributed by atoms with Gasteiger partial charge in [0, 0.05) is 32.7 Å². The van der Waals surface area contributed by atoms with Gasteiger partial charge in [0.1, 0.15) is 0 Å². The third-order valence-corrected chi connectivity index (χ3v) is 3.11. The molecule has 1 rings (SSSR count). The van der Waals surface area contributed by atoms with E-state index in [0.29, 0.717) is 6.04 Å². The molecule has 94 valence electrons. The van der Waals surface area contributed by atoms with Crippen LogP contribution in [0.3, 0.4) is 0 Å². The summed E-state index contributed by atoms with van der Waals surface area (Å²) >= 11 is 0. The number of rotatable bonds is 7. The lowest BCUT2D eigenvalue weighted by Crippen LogP contribution is -2.32. The van der Waals surface area contributed by atoms with E-state index in [1.165, 1.54) is 6.42 Å². The Morgan fingerprint density at radius 1 is 1.44 bits per heavy atom.